The summed E-state index contributed by atoms with van der Waals surface area (Å²) in [6.07, 6.45) is 0. The zero-order chi connectivity index (χ0) is 11.5. The van der Waals surface area contributed by atoms with E-state index < -0.39 is 0 Å². The van der Waals surface area contributed by atoms with Gasteiger partial charge in [0, 0.05) is 18.7 Å². The fourth-order valence-electron chi connectivity index (χ4n) is 1.63. The Morgan fingerprint density at radius 3 is 2.94 bits per heavy atom. The first-order valence-electron chi connectivity index (χ1n) is 5.02. The standard InChI is InChI=1S/C11H12N2O3/c14-9-3-1-2-8(6-9)11(16)13-5-4-12-10(15)7-13/h1-3,6,14H,4-5,7H2,(H,12,15). The number of aromatic hydroxyl groups is 1. The quantitative estimate of drug-likeness (QED) is 0.698. The van der Waals surface area contributed by atoms with Crippen molar-refractivity contribution in [1.82, 2.24) is 10.2 Å². The van der Waals surface area contributed by atoms with Crippen LogP contribution in [0.15, 0.2) is 24.3 Å². The molecule has 2 amide bonds. The number of hydrogen-bond donors (Lipinski definition) is 2. The number of nitrogens with one attached hydrogen (secondary N) is 1. The highest BCUT2D eigenvalue weighted by molar-refractivity contribution is 5.97. The van der Waals surface area contributed by atoms with Crippen LogP contribution in [-0.2, 0) is 4.79 Å². The Balaban J connectivity index is 2.15. The molecule has 1 aliphatic rings. The maximum Gasteiger partial charge on any atom is 0.254 e. The third-order valence-corrected chi connectivity index (χ3v) is 2.42. The number of hydrogen-bond acceptors (Lipinski definition) is 3. The molecule has 1 aromatic rings. The Morgan fingerprint density at radius 2 is 2.25 bits per heavy atom. The minimum Gasteiger partial charge on any atom is -0.508 e. The average molecular weight is 220 g/mol. The van der Waals surface area contributed by atoms with E-state index in [9.17, 15) is 14.7 Å². The van der Waals surface area contributed by atoms with Crippen molar-refractivity contribution < 1.29 is 14.7 Å². The molecular weight excluding hydrogens is 208 g/mol. The van der Waals surface area contributed by atoms with Crippen LogP contribution in [0.25, 0.3) is 0 Å². The molecule has 1 heterocycles. The maximum atomic E-state index is 11.9. The number of phenolic OH excluding ortho intramolecular Hbond substituents is 1. The molecule has 0 unspecified atom stereocenters. The van der Waals surface area contributed by atoms with Crippen LogP contribution in [0.5, 0.6) is 5.75 Å². The summed E-state index contributed by atoms with van der Waals surface area (Å²) in [5.41, 5.74) is 0.398. The number of carbonyl (C=O) groups is 2. The molecule has 0 atom stereocenters. The van der Waals surface area contributed by atoms with E-state index in [0.717, 1.165) is 0 Å². The van der Waals surface area contributed by atoms with E-state index in [0.29, 0.717) is 18.7 Å². The Morgan fingerprint density at radius 1 is 1.44 bits per heavy atom. The van der Waals surface area contributed by atoms with Gasteiger partial charge in [-0.25, -0.2) is 0 Å². The molecular formula is C11H12N2O3. The molecule has 5 heteroatoms. The maximum absolute atomic E-state index is 11.9. The zero-order valence-corrected chi connectivity index (χ0v) is 8.64. The Hall–Kier alpha value is -2.04. The average Bonchev–Trinajstić information content (AvgIpc) is 2.28. The van der Waals surface area contributed by atoms with E-state index in [2.05, 4.69) is 5.32 Å². The van der Waals surface area contributed by atoms with Crippen LogP contribution in [0, 0.1) is 0 Å². The van der Waals surface area contributed by atoms with Gasteiger partial charge >= 0.3 is 0 Å². The molecule has 1 aliphatic heterocycles. The lowest BCUT2D eigenvalue weighted by atomic mass is 10.2. The van der Waals surface area contributed by atoms with Gasteiger partial charge in [-0.2, -0.15) is 0 Å². The van der Waals surface area contributed by atoms with Crippen molar-refractivity contribution in [2.45, 2.75) is 0 Å². The number of nitrogens with zero attached hydrogens (tertiary/aromatic N) is 1. The Bertz CT molecular complexity index is 431. The number of carbonyl (C=O) groups excluding carboxylic acids is 2. The molecule has 0 aliphatic carbocycles. The van der Waals surface area contributed by atoms with Gasteiger partial charge in [0.25, 0.3) is 5.91 Å². The number of piperazine rings is 1. The van der Waals surface area contributed by atoms with Crippen molar-refractivity contribution >= 4 is 11.8 Å². The van der Waals surface area contributed by atoms with Gasteiger partial charge in [-0.1, -0.05) is 6.07 Å². The molecule has 0 saturated carbocycles. The second-order valence-electron chi connectivity index (χ2n) is 3.63. The predicted molar refractivity (Wildman–Crippen MR) is 57.0 cm³/mol. The Labute approximate surface area is 92.7 Å². The van der Waals surface area contributed by atoms with Crippen LogP contribution in [0.3, 0.4) is 0 Å². The fourth-order valence-corrected chi connectivity index (χ4v) is 1.63. The summed E-state index contributed by atoms with van der Waals surface area (Å²) in [5.74, 6) is -0.335. The van der Waals surface area contributed by atoms with Crippen molar-refractivity contribution in [3.63, 3.8) is 0 Å². The van der Waals surface area contributed by atoms with E-state index in [1.165, 1.54) is 17.0 Å². The highest BCUT2D eigenvalue weighted by Gasteiger charge is 2.22. The molecule has 5 nitrogen and oxygen atoms in total. The molecule has 0 spiro atoms. The zero-order valence-electron chi connectivity index (χ0n) is 8.64. The molecule has 84 valence electrons. The smallest absolute Gasteiger partial charge is 0.254 e. The lowest BCUT2D eigenvalue weighted by molar-refractivity contribution is -0.123. The van der Waals surface area contributed by atoms with Gasteiger partial charge in [0.05, 0.1) is 6.54 Å². The molecule has 2 N–H and O–H groups in total. The van der Waals surface area contributed by atoms with Crippen molar-refractivity contribution in [1.29, 1.82) is 0 Å². The normalized spacial score (nSPS) is 15.8. The van der Waals surface area contributed by atoms with Gasteiger partial charge in [0.15, 0.2) is 0 Å². The van der Waals surface area contributed by atoms with E-state index in [4.69, 9.17) is 0 Å². The highest BCUT2D eigenvalue weighted by Crippen LogP contribution is 2.13. The third kappa shape index (κ3) is 2.13. The first-order chi connectivity index (χ1) is 7.66. The van der Waals surface area contributed by atoms with Gasteiger partial charge in [-0.3, -0.25) is 9.59 Å². The van der Waals surface area contributed by atoms with Crippen LogP contribution in [-0.4, -0.2) is 41.5 Å². The lowest BCUT2D eigenvalue weighted by Crippen LogP contribution is -2.49. The second kappa shape index (κ2) is 4.22. The molecule has 0 bridgehead atoms. The second-order valence-corrected chi connectivity index (χ2v) is 3.63. The van der Waals surface area contributed by atoms with Crippen LogP contribution in [0.2, 0.25) is 0 Å². The van der Waals surface area contributed by atoms with Gasteiger partial charge in [0.1, 0.15) is 5.75 Å². The van der Waals surface area contributed by atoms with Gasteiger partial charge < -0.3 is 15.3 Å². The lowest BCUT2D eigenvalue weighted by Gasteiger charge is -2.26. The van der Waals surface area contributed by atoms with Crippen molar-refractivity contribution in [2.75, 3.05) is 19.6 Å². The Kier molecular flexibility index (Phi) is 2.76. The summed E-state index contributed by atoms with van der Waals surface area (Å²) in [7, 11) is 0. The minimum atomic E-state index is -0.231. The first-order valence-corrected chi connectivity index (χ1v) is 5.02. The summed E-state index contributed by atoms with van der Waals surface area (Å²) in [5, 5.41) is 11.9. The summed E-state index contributed by atoms with van der Waals surface area (Å²) >= 11 is 0. The van der Waals surface area contributed by atoms with Crippen molar-refractivity contribution in [3.05, 3.63) is 29.8 Å². The van der Waals surface area contributed by atoms with Gasteiger partial charge in [-0.15, -0.1) is 0 Å². The molecule has 1 fully saturated rings. The summed E-state index contributed by atoms with van der Waals surface area (Å²) < 4.78 is 0. The minimum absolute atomic E-state index is 0.0484. The summed E-state index contributed by atoms with van der Waals surface area (Å²) in [6.45, 7) is 1.05. The van der Waals surface area contributed by atoms with Crippen LogP contribution in [0.1, 0.15) is 10.4 Å². The monoisotopic (exact) mass is 220 g/mol. The van der Waals surface area contributed by atoms with E-state index in [1.807, 2.05) is 0 Å². The van der Waals surface area contributed by atoms with Gasteiger partial charge in [-0.05, 0) is 18.2 Å². The van der Waals surface area contributed by atoms with E-state index >= 15 is 0 Å². The van der Waals surface area contributed by atoms with Gasteiger partial charge in [0.2, 0.25) is 5.91 Å². The summed E-state index contributed by atoms with van der Waals surface area (Å²) in [4.78, 5) is 24.5. The molecule has 0 aromatic heterocycles. The molecule has 1 aromatic carbocycles. The third-order valence-electron chi connectivity index (χ3n) is 2.42. The van der Waals surface area contributed by atoms with Crippen molar-refractivity contribution in [2.24, 2.45) is 0 Å². The fraction of sp³-hybridized carbons (Fsp3) is 0.273. The predicted octanol–water partition coefficient (Wildman–Crippen LogP) is -0.0358. The van der Waals surface area contributed by atoms with Crippen LogP contribution in [0.4, 0.5) is 0 Å². The molecule has 2 rings (SSSR count). The highest BCUT2D eigenvalue weighted by atomic mass is 16.3. The topological polar surface area (TPSA) is 69.6 Å². The number of rotatable bonds is 1. The van der Waals surface area contributed by atoms with E-state index in [-0.39, 0.29) is 24.1 Å². The number of benzene rings is 1. The summed E-state index contributed by atoms with van der Waals surface area (Å²) in [6, 6.07) is 6.12. The first kappa shape index (κ1) is 10.5. The van der Waals surface area contributed by atoms with Crippen LogP contribution >= 0.6 is 0 Å². The van der Waals surface area contributed by atoms with Crippen molar-refractivity contribution in [3.8, 4) is 5.75 Å². The number of phenols is 1. The van der Waals surface area contributed by atoms with Crippen LogP contribution < -0.4 is 5.32 Å². The molecule has 0 radical (unpaired) electrons. The van der Waals surface area contributed by atoms with E-state index in [1.54, 1.807) is 12.1 Å². The molecule has 16 heavy (non-hydrogen) atoms. The number of amides is 2. The largest absolute Gasteiger partial charge is 0.508 e. The SMILES string of the molecule is O=C1CN(C(=O)c2cccc(O)c2)CCN1. The molecule has 1 saturated heterocycles.